The predicted octanol–water partition coefficient (Wildman–Crippen LogP) is 3.14. The second-order valence-electron chi connectivity index (χ2n) is 9.50. The van der Waals surface area contributed by atoms with Gasteiger partial charge in [-0.2, -0.15) is 0 Å². The van der Waals surface area contributed by atoms with E-state index in [9.17, 15) is 19.5 Å². The van der Waals surface area contributed by atoms with E-state index >= 15 is 0 Å². The molecule has 1 unspecified atom stereocenters. The molecule has 1 fully saturated rings. The molecule has 0 aromatic heterocycles. The minimum absolute atomic E-state index is 0.0754. The molecule has 3 aliphatic rings. The average Bonchev–Trinajstić information content (AvgIpc) is 2.93. The van der Waals surface area contributed by atoms with E-state index in [-0.39, 0.29) is 35.5 Å². The van der Waals surface area contributed by atoms with Gasteiger partial charge in [0.05, 0.1) is 0 Å². The molecule has 0 saturated carbocycles. The van der Waals surface area contributed by atoms with Crippen LogP contribution in [0.5, 0.6) is 0 Å². The maximum Gasteiger partial charge on any atom is 0.235 e. The van der Waals surface area contributed by atoms with Crippen LogP contribution < -0.4 is 5.32 Å². The fourth-order valence-electron chi connectivity index (χ4n) is 5.45. The van der Waals surface area contributed by atoms with Crippen molar-refractivity contribution in [3.8, 4) is 0 Å². The number of aliphatic hydroxyl groups excluding tert-OH is 1. The van der Waals surface area contributed by atoms with E-state index in [2.05, 4.69) is 39.1 Å². The van der Waals surface area contributed by atoms with Gasteiger partial charge in [-0.3, -0.25) is 14.4 Å². The first kappa shape index (κ1) is 21.7. The third-order valence-corrected chi connectivity index (χ3v) is 7.01. The Balaban J connectivity index is 2.21. The van der Waals surface area contributed by atoms with Gasteiger partial charge in [0.25, 0.3) is 0 Å². The molecule has 29 heavy (non-hydrogen) atoms. The number of carbonyl (C=O) groups excluding carboxylic acids is 3. The van der Waals surface area contributed by atoms with Crippen LogP contribution in [0.3, 0.4) is 0 Å². The summed E-state index contributed by atoms with van der Waals surface area (Å²) in [5, 5.41) is 13.2. The van der Waals surface area contributed by atoms with Crippen LogP contribution in [0.25, 0.3) is 0 Å². The van der Waals surface area contributed by atoms with Crippen LogP contribution in [0, 0.1) is 29.1 Å². The third-order valence-electron chi connectivity index (χ3n) is 7.01. The zero-order chi connectivity index (χ0) is 21.5. The van der Waals surface area contributed by atoms with E-state index in [1.165, 1.54) is 11.6 Å². The maximum atomic E-state index is 13.6. The second kappa shape index (κ2) is 8.02. The summed E-state index contributed by atoms with van der Waals surface area (Å²) in [4.78, 5) is 39.3. The minimum atomic E-state index is -1.24. The van der Waals surface area contributed by atoms with Crippen molar-refractivity contribution in [2.24, 2.45) is 29.1 Å². The van der Waals surface area contributed by atoms with Gasteiger partial charge in [-0.05, 0) is 57.1 Å². The Morgan fingerprint density at radius 2 is 1.86 bits per heavy atom. The fourth-order valence-corrected chi connectivity index (χ4v) is 5.45. The van der Waals surface area contributed by atoms with Crippen LogP contribution in [0.15, 0.2) is 35.5 Å². The lowest BCUT2D eigenvalue weighted by atomic mass is 9.55. The van der Waals surface area contributed by atoms with E-state index in [4.69, 9.17) is 0 Å². The molecular weight excluding hydrogens is 366 g/mol. The van der Waals surface area contributed by atoms with E-state index in [1.807, 2.05) is 13.0 Å². The molecule has 0 radical (unpaired) electrons. The summed E-state index contributed by atoms with van der Waals surface area (Å²) >= 11 is 0. The summed E-state index contributed by atoms with van der Waals surface area (Å²) < 4.78 is 0. The van der Waals surface area contributed by atoms with Gasteiger partial charge in [-0.25, -0.2) is 0 Å². The van der Waals surface area contributed by atoms with Crippen LogP contribution in [0.1, 0.15) is 53.9 Å². The van der Waals surface area contributed by atoms with Crippen molar-refractivity contribution in [3.63, 3.8) is 0 Å². The molecule has 1 heterocycles. The van der Waals surface area contributed by atoms with Gasteiger partial charge < -0.3 is 10.4 Å². The monoisotopic (exact) mass is 399 g/mol. The van der Waals surface area contributed by atoms with E-state index < -0.39 is 17.3 Å². The number of amides is 1. The Bertz CT molecular complexity index is 806. The van der Waals surface area contributed by atoms with Gasteiger partial charge in [-0.1, -0.05) is 44.1 Å². The minimum Gasteiger partial charge on any atom is -0.385 e. The number of rotatable bonds is 2. The molecule has 5 heteroatoms. The number of ketones is 2. The first-order valence-corrected chi connectivity index (χ1v) is 10.7. The molecule has 0 aromatic rings. The van der Waals surface area contributed by atoms with Crippen molar-refractivity contribution in [2.45, 2.75) is 66.0 Å². The van der Waals surface area contributed by atoms with Crippen molar-refractivity contribution in [1.82, 2.24) is 5.32 Å². The Hall–Kier alpha value is -2.01. The quantitative estimate of drug-likeness (QED) is 0.552. The van der Waals surface area contributed by atoms with Gasteiger partial charge >= 0.3 is 0 Å². The van der Waals surface area contributed by atoms with E-state index in [1.54, 1.807) is 0 Å². The van der Waals surface area contributed by atoms with Crippen molar-refractivity contribution in [1.29, 1.82) is 0 Å². The van der Waals surface area contributed by atoms with E-state index in [0.29, 0.717) is 18.8 Å². The smallest absolute Gasteiger partial charge is 0.235 e. The van der Waals surface area contributed by atoms with Gasteiger partial charge in [-0.15, -0.1) is 0 Å². The topological polar surface area (TPSA) is 83.5 Å². The van der Waals surface area contributed by atoms with E-state index in [0.717, 1.165) is 18.1 Å². The van der Waals surface area contributed by atoms with Gasteiger partial charge in [0, 0.05) is 17.9 Å². The zero-order valence-corrected chi connectivity index (χ0v) is 18.1. The highest BCUT2D eigenvalue weighted by molar-refractivity contribution is 6.15. The SMILES string of the molecule is CC1=C[C@@H]2/C=C(\C)CC[C@@H](O)C(=O)/C=C/C(=O)[C@]23C(=O)N[C@@H](CC(C)C)C3[C@@H]1C. The molecule has 0 bridgehead atoms. The van der Waals surface area contributed by atoms with Crippen LogP contribution in [-0.4, -0.2) is 34.7 Å². The summed E-state index contributed by atoms with van der Waals surface area (Å²) in [5.41, 5.74) is 0.923. The molecule has 1 saturated heterocycles. The molecule has 0 aromatic carbocycles. The maximum absolute atomic E-state index is 13.6. The molecule has 2 N–H and O–H groups in total. The number of carbonyl (C=O) groups is 3. The highest BCUT2D eigenvalue weighted by Gasteiger charge is 2.64. The first-order chi connectivity index (χ1) is 13.6. The Labute approximate surface area is 173 Å². The average molecular weight is 400 g/mol. The molecule has 5 nitrogen and oxygen atoms in total. The Morgan fingerprint density at radius 3 is 2.52 bits per heavy atom. The number of hydrogen-bond donors (Lipinski definition) is 2. The molecule has 2 aliphatic carbocycles. The van der Waals surface area contributed by atoms with Crippen LogP contribution >= 0.6 is 0 Å². The summed E-state index contributed by atoms with van der Waals surface area (Å²) in [6, 6.07) is -0.0823. The predicted molar refractivity (Wildman–Crippen MR) is 112 cm³/mol. The van der Waals surface area contributed by atoms with Crippen LogP contribution in [0.2, 0.25) is 0 Å². The Morgan fingerprint density at radius 1 is 1.17 bits per heavy atom. The van der Waals surface area contributed by atoms with Gasteiger partial charge in [0.15, 0.2) is 11.6 Å². The summed E-state index contributed by atoms with van der Waals surface area (Å²) in [7, 11) is 0. The Kier molecular flexibility index (Phi) is 6.00. The molecule has 1 spiro atoms. The first-order valence-electron chi connectivity index (χ1n) is 10.7. The zero-order valence-electron chi connectivity index (χ0n) is 18.1. The number of allylic oxidation sites excluding steroid dienone is 5. The highest BCUT2D eigenvalue weighted by Crippen LogP contribution is 2.55. The van der Waals surface area contributed by atoms with Crippen molar-refractivity contribution in [2.75, 3.05) is 0 Å². The van der Waals surface area contributed by atoms with Crippen molar-refractivity contribution in [3.05, 3.63) is 35.5 Å². The molecule has 6 atom stereocenters. The lowest BCUT2D eigenvalue weighted by molar-refractivity contribution is -0.142. The summed E-state index contributed by atoms with van der Waals surface area (Å²) in [5.74, 6) is -1.12. The standard InChI is InChI=1S/C24H33NO4/c1-13(2)10-18-22-16(5)15(4)12-17-11-14(3)6-7-19(26)20(27)8-9-21(28)24(17,22)23(29)25-18/h8-9,11-13,16-19,22,26H,6-7,10H2,1-5H3,(H,25,29)/b9-8+,14-11+/t16-,17+,18+,19-,22?,24-/m1/s1. The fraction of sp³-hybridized carbons (Fsp3) is 0.625. The molecular formula is C24H33NO4. The molecule has 3 rings (SSSR count). The molecule has 1 amide bonds. The highest BCUT2D eigenvalue weighted by atomic mass is 16.3. The van der Waals surface area contributed by atoms with Crippen molar-refractivity contribution >= 4 is 17.5 Å². The number of nitrogens with one attached hydrogen (secondary N) is 1. The van der Waals surface area contributed by atoms with Crippen LogP contribution in [-0.2, 0) is 14.4 Å². The van der Waals surface area contributed by atoms with Gasteiger partial charge in [0.2, 0.25) is 5.91 Å². The van der Waals surface area contributed by atoms with Crippen molar-refractivity contribution < 1.29 is 19.5 Å². The lowest BCUT2D eigenvalue weighted by Gasteiger charge is -2.44. The third kappa shape index (κ3) is 3.65. The van der Waals surface area contributed by atoms with Gasteiger partial charge in [0.1, 0.15) is 11.5 Å². The summed E-state index contributed by atoms with van der Waals surface area (Å²) in [6.45, 7) is 10.3. The summed E-state index contributed by atoms with van der Waals surface area (Å²) in [6.07, 6.45) is 7.00. The molecule has 1 aliphatic heterocycles. The normalized spacial score (nSPS) is 40.9. The van der Waals surface area contributed by atoms with Crippen LogP contribution in [0.4, 0.5) is 0 Å². The lowest BCUT2D eigenvalue weighted by Crippen LogP contribution is -2.51. The molecule has 158 valence electrons. The number of aliphatic hydroxyl groups is 1. The second-order valence-corrected chi connectivity index (χ2v) is 9.50. The largest absolute Gasteiger partial charge is 0.385 e. The number of hydrogen-bond acceptors (Lipinski definition) is 4.